The molecule has 0 fully saturated rings. The lowest BCUT2D eigenvalue weighted by Gasteiger charge is -2.17. The van der Waals surface area contributed by atoms with Gasteiger partial charge in [-0.25, -0.2) is 0 Å². The number of Topliss-reactive ketones (excluding diaryl/α,β-unsaturated/α-hetero) is 1. The summed E-state index contributed by atoms with van der Waals surface area (Å²) in [4.78, 5) is 11.6. The minimum absolute atomic E-state index is 0.168. The average molecular weight is 236 g/mol. The summed E-state index contributed by atoms with van der Waals surface area (Å²) in [6.07, 6.45) is 1.25. The van der Waals surface area contributed by atoms with E-state index in [1.807, 2.05) is 20.8 Å². The Labute approximate surface area is 91.9 Å². The van der Waals surface area contributed by atoms with Crippen molar-refractivity contribution in [1.82, 2.24) is 0 Å². The third-order valence-corrected chi connectivity index (χ3v) is 4.21. The zero-order valence-corrected chi connectivity index (χ0v) is 11.1. The van der Waals surface area contributed by atoms with Crippen molar-refractivity contribution in [1.29, 1.82) is 0 Å². The lowest BCUT2D eigenvalue weighted by atomic mass is 9.88. The highest BCUT2D eigenvalue weighted by molar-refractivity contribution is 7.53. The van der Waals surface area contributed by atoms with Crippen LogP contribution in [0.1, 0.15) is 33.6 Å². The summed E-state index contributed by atoms with van der Waals surface area (Å²) in [5.74, 6) is 0.168. The molecule has 0 heterocycles. The normalized spacial score (nSPS) is 12.9. The number of ketones is 1. The Hall–Kier alpha value is -0.180. The van der Waals surface area contributed by atoms with Crippen molar-refractivity contribution in [2.24, 2.45) is 5.41 Å². The minimum Gasteiger partial charge on any atom is -0.312 e. The zero-order chi connectivity index (χ0) is 12.1. The SMILES string of the molecule is COP(=O)(CCCC(=O)C(C)(C)C)OC. The monoisotopic (exact) mass is 236 g/mol. The molecular formula is C10H21O4P. The molecule has 0 aromatic heterocycles. The largest absolute Gasteiger partial charge is 0.330 e. The van der Waals surface area contributed by atoms with Crippen LogP contribution in [0.15, 0.2) is 0 Å². The van der Waals surface area contributed by atoms with E-state index in [1.165, 1.54) is 14.2 Å². The summed E-state index contributed by atoms with van der Waals surface area (Å²) in [6.45, 7) is 5.63. The quantitative estimate of drug-likeness (QED) is 0.665. The second-order valence-electron chi connectivity index (χ2n) is 4.48. The number of carbonyl (C=O) groups is 1. The molecule has 5 heteroatoms. The lowest BCUT2D eigenvalue weighted by molar-refractivity contribution is -0.126. The molecule has 0 aliphatic rings. The van der Waals surface area contributed by atoms with E-state index in [0.29, 0.717) is 19.0 Å². The van der Waals surface area contributed by atoms with Gasteiger partial charge in [0, 0.05) is 26.1 Å². The number of hydrogen-bond acceptors (Lipinski definition) is 4. The van der Waals surface area contributed by atoms with E-state index in [4.69, 9.17) is 9.05 Å². The van der Waals surface area contributed by atoms with Gasteiger partial charge in [0.1, 0.15) is 5.78 Å². The van der Waals surface area contributed by atoms with E-state index in [0.717, 1.165) is 0 Å². The Bertz CT molecular complexity index is 247. The molecule has 0 aliphatic heterocycles. The van der Waals surface area contributed by atoms with Crippen LogP contribution in [0.5, 0.6) is 0 Å². The Balaban J connectivity index is 4.00. The van der Waals surface area contributed by atoms with Gasteiger partial charge in [-0.1, -0.05) is 20.8 Å². The van der Waals surface area contributed by atoms with Crippen LogP contribution in [0.3, 0.4) is 0 Å². The van der Waals surface area contributed by atoms with Gasteiger partial charge in [-0.3, -0.25) is 9.36 Å². The summed E-state index contributed by atoms with van der Waals surface area (Å²) >= 11 is 0. The number of hydrogen-bond donors (Lipinski definition) is 0. The van der Waals surface area contributed by atoms with E-state index in [2.05, 4.69) is 0 Å². The maximum absolute atomic E-state index is 11.6. The zero-order valence-electron chi connectivity index (χ0n) is 10.2. The Morgan fingerprint density at radius 3 is 2.00 bits per heavy atom. The third-order valence-electron chi connectivity index (χ3n) is 2.23. The van der Waals surface area contributed by atoms with Crippen molar-refractivity contribution in [3.05, 3.63) is 0 Å². The highest BCUT2D eigenvalue weighted by atomic mass is 31.2. The molecule has 0 aromatic rings. The van der Waals surface area contributed by atoms with Gasteiger partial charge in [-0.05, 0) is 6.42 Å². The molecule has 15 heavy (non-hydrogen) atoms. The van der Waals surface area contributed by atoms with Gasteiger partial charge in [0.05, 0.1) is 6.16 Å². The fourth-order valence-corrected chi connectivity index (χ4v) is 2.13. The average Bonchev–Trinajstić information content (AvgIpc) is 2.16. The second kappa shape index (κ2) is 5.78. The Morgan fingerprint density at radius 1 is 1.20 bits per heavy atom. The van der Waals surface area contributed by atoms with E-state index in [9.17, 15) is 9.36 Å². The maximum atomic E-state index is 11.6. The van der Waals surface area contributed by atoms with E-state index in [1.54, 1.807) is 0 Å². The highest BCUT2D eigenvalue weighted by Crippen LogP contribution is 2.47. The summed E-state index contributed by atoms with van der Waals surface area (Å²) in [7, 11) is -0.228. The first-order valence-electron chi connectivity index (χ1n) is 4.99. The fraction of sp³-hybridized carbons (Fsp3) is 0.900. The molecule has 0 spiro atoms. The first-order chi connectivity index (χ1) is 6.75. The molecule has 0 rings (SSSR count). The summed E-state index contributed by atoms with van der Waals surface area (Å²) in [5.41, 5.74) is -0.329. The molecule has 0 amide bonds. The van der Waals surface area contributed by atoms with Crippen LogP contribution in [-0.4, -0.2) is 26.2 Å². The summed E-state index contributed by atoms with van der Waals surface area (Å²) < 4.78 is 21.2. The molecule has 90 valence electrons. The molecule has 0 radical (unpaired) electrons. The molecule has 0 aliphatic carbocycles. The molecule has 0 unspecified atom stereocenters. The van der Waals surface area contributed by atoms with Crippen molar-refractivity contribution < 1.29 is 18.4 Å². The Kier molecular flexibility index (Phi) is 5.71. The van der Waals surface area contributed by atoms with Gasteiger partial charge >= 0.3 is 7.60 Å². The van der Waals surface area contributed by atoms with E-state index in [-0.39, 0.29) is 11.2 Å². The highest BCUT2D eigenvalue weighted by Gasteiger charge is 2.24. The molecular weight excluding hydrogens is 215 g/mol. The number of carbonyl (C=O) groups excluding carboxylic acids is 1. The minimum atomic E-state index is -2.94. The molecule has 0 atom stereocenters. The summed E-state index contributed by atoms with van der Waals surface area (Å²) in [6, 6.07) is 0. The van der Waals surface area contributed by atoms with E-state index >= 15 is 0 Å². The van der Waals surface area contributed by atoms with Crippen LogP contribution in [0, 0.1) is 5.41 Å². The van der Waals surface area contributed by atoms with Crippen LogP contribution >= 0.6 is 7.60 Å². The molecule has 0 bridgehead atoms. The first kappa shape index (κ1) is 14.8. The van der Waals surface area contributed by atoms with Crippen molar-refractivity contribution in [3.8, 4) is 0 Å². The first-order valence-corrected chi connectivity index (χ1v) is 6.72. The lowest BCUT2D eigenvalue weighted by Crippen LogP contribution is -2.20. The van der Waals surface area contributed by atoms with Crippen molar-refractivity contribution >= 4 is 13.4 Å². The second-order valence-corrected chi connectivity index (χ2v) is 6.88. The van der Waals surface area contributed by atoms with Gasteiger partial charge in [-0.15, -0.1) is 0 Å². The predicted molar refractivity (Wildman–Crippen MR) is 60.2 cm³/mol. The van der Waals surface area contributed by atoms with Gasteiger partial charge in [-0.2, -0.15) is 0 Å². The Morgan fingerprint density at radius 2 is 1.67 bits per heavy atom. The van der Waals surface area contributed by atoms with Crippen LogP contribution in [0.2, 0.25) is 0 Å². The van der Waals surface area contributed by atoms with Crippen LogP contribution < -0.4 is 0 Å². The molecule has 4 nitrogen and oxygen atoms in total. The molecule has 0 saturated carbocycles. The smallest absolute Gasteiger partial charge is 0.312 e. The number of rotatable bonds is 6. The van der Waals surface area contributed by atoms with E-state index < -0.39 is 7.60 Å². The fourth-order valence-electron chi connectivity index (χ4n) is 1.07. The van der Waals surface area contributed by atoms with Gasteiger partial charge < -0.3 is 9.05 Å². The molecule has 0 saturated heterocycles. The van der Waals surface area contributed by atoms with Crippen molar-refractivity contribution in [3.63, 3.8) is 0 Å². The van der Waals surface area contributed by atoms with Crippen LogP contribution in [0.25, 0.3) is 0 Å². The maximum Gasteiger partial charge on any atom is 0.330 e. The molecule has 0 aromatic carbocycles. The third kappa shape index (κ3) is 5.45. The predicted octanol–water partition coefficient (Wildman–Crippen LogP) is 2.87. The van der Waals surface area contributed by atoms with Crippen LogP contribution in [0.4, 0.5) is 0 Å². The van der Waals surface area contributed by atoms with Gasteiger partial charge in [0.15, 0.2) is 0 Å². The summed E-state index contributed by atoms with van der Waals surface area (Å²) in [5, 5.41) is 0. The standard InChI is InChI=1S/C10H21O4P/c1-10(2,3)9(11)7-6-8-15(12,13-4)14-5/h6-8H2,1-5H3. The molecule has 0 N–H and O–H groups in total. The van der Waals surface area contributed by atoms with Gasteiger partial charge in [0.2, 0.25) is 0 Å². The topological polar surface area (TPSA) is 52.6 Å². The van der Waals surface area contributed by atoms with Crippen molar-refractivity contribution in [2.45, 2.75) is 33.6 Å². The van der Waals surface area contributed by atoms with Crippen LogP contribution in [-0.2, 0) is 18.4 Å². The van der Waals surface area contributed by atoms with Crippen molar-refractivity contribution in [2.75, 3.05) is 20.4 Å². The van der Waals surface area contributed by atoms with Gasteiger partial charge in [0.25, 0.3) is 0 Å².